The third-order valence-corrected chi connectivity index (χ3v) is 4.67. The number of rotatable bonds is 3. The van der Waals surface area contributed by atoms with E-state index in [0.717, 1.165) is 29.7 Å². The van der Waals surface area contributed by atoms with Gasteiger partial charge in [0.15, 0.2) is 0 Å². The zero-order valence-corrected chi connectivity index (χ0v) is 18.8. The van der Waals surface area contributed by atoms with E-state index in [1.54, 1.807) is 0 Å². The highest BCUT2D eigenvalue weighted by atomic mass is 14.8. The lowest BCUT2D eigenvalue weighted by Crippen LogP contribution is -2.18. The van der Waals surface area contributed by atoms with E-state index >= 15 is 0 Å². The molecule has 29 heavy (non-hydrogen) atoms. The van der Waals surface area contributed by atoms with Gasteiger partial charge < -0.3 is 0 Å². The maximum Gasteiger partial charge on any atom is 0.0991 e. The summed E-state index contributed by atoms with van der Waals surface area (Å²) in [5, 5.41) is 9.14. The van der Waals surface area contributed by atoms with E-state index in [1.165, 1.54) is 16.7 Å². The number of benzene rings is 1. The third kappa shape index (κ3) is 6.88. The molecule has 1 aliphatic carbocycles. The van der Waals surface area contributed by atoms with E-state index in [4.69, 9.17) is 10.3 Å². The van der Waals surface area contributed by atoms with Crippen molar-refractivity contribution in [3.05, 3.63) is 94.6 Å². The van der Waals surface area contributed by atoms with Gasteiger partial charge >= 0.3 is 0 Å². The second-order valence-corrected chi connectivity index (χ2v) is 6.92. The number of dihydropyridines is 1. The topological polar surface area (TPSA) is 36.1 Å². The second-order valence-electron chi connectivity index (χ2n) is 6.92. The lowest BCUT2D eigenvalue weighted by atomic mass is 9.86. The minimum atomic E-state index is 0.0756. The van der Waals surface area contributed by atoms with E-state index in [9.17, 15) is 0 Å². The molecule has 0 saturated heterocycles. The number of aryl methyl sites for hydroxylation is 1. The molecule has 1 unspecified atom stereocenters. The van der Waals surface area contributed by atoms with Crippen LogP contribution < -0.4 is 0 Å². The van der Waals surface area contributed by atoms with Crippen LogP contribution in [0.3, 0.4) is 0 Å². The van der Waals surface area contributed by atoms with Crippen LogP contribution in [0.5, 0.6) is 0 Å². The lowest BCUT2D eigenvalue weighted by molar-refractivity contribution is 0.850. The van der Waals surface area contributed by atoms with Gasteiger partial charge in [-0.25, -0.2) is 0 Å². The molecular weight excluding hydrogens is 352 g/mol. The van der Waals surface area contributed by atoms with Gasteiger partial charge in [-0.05, 0) is 62.0 Å². The number of nitriles is 1. The summed E-state index contributed by atoms with van der Waals surface area (Å²) >= 11 is 0. The highest BCUT2D eigenvalue weighted by Crippen LogP contribution is 2.31. The minimum absolute atomic E-state index is 0.0756. The number of aliphatic imine (C=N–C) groups is 1. The second kappa shape index (κ2) is 12.5. The van der Waals surface area contributed by atoms with Crippen molar-refractivity contribution in [2.75, 3.05) is 0 Å². The predicted octanol–water partition coefficient (Wildman–Crippen LogP) is 7.33. The van der Waals surface area contributed by atoms with Gasteiger partial charge in [-0.2, -0.15) is 5.26 Å². The molecule has 0 aromatic heterocycles. The van der Waals surface area contributed by atoms with E-state index in [2.05, 4.69) is 76.8 Å². The summed E-state index contributed by atoms with van der Waals surface area (Å²) in [6.07, 6.45) is 10.3. The van der Waals surface area contributed by atoms with Gasteiger partial charge in [0.05, 0.1) is 23.4 Å². The molecule has 0 N–H and O–H groups in total. The van der Waals surface area contributed by atoms with E-state index in [1.807, 2.05) is 32.1 Å². The van der Waals surface area contributed by atoms with Crippen LogP contribution in [0.25, 0.3) is 0 Å². The summed E-state index contributed by atoms with van der Waals surface area (Å²) in [6.45, 7) is 16.2. The fourth-order valence-electron chi connectivity index (χ4n) is 3.27. The van der Waals surface area contributed by atoms with Gasteiger partial charge in [-0.1, -0.05) is 81.5 Å². The van der Waals surface area contributed by atoms with Crippen molar-refractivity contribution in [3.8, 4) is 6.07 Å². The summed E-state index contributed by atoms with van der Waals surface area (Å²) in [5.41, 5.74) is 7.37. The predicted molar refractivity (Wildman–Crippen MR) is 127 cm³/mol. The fourth-order valence-corrected chi connectivity index (χ4v) is 3.27. The largest absolute Gasteiger partial charge is 0.277 e. The molecule has 0 radical (unpaired) electrons. The smallest absolute Gasteiger partial charge is 0.0991 e. The van der Waals surface area contributed by atoms with Gasteiger partial charge in [0.2, 0.25) is 0 Å². The third-order valence-electron chi connectivity index (χ3n) is 4.67. The maximum atomic E-state index is 9.14. The molecular formula is C27H34N2. The average molecular weight is 387 g/mol. The first kappa shape index (κ1) is 24.1. The normalized spacial score (nSPS) is 16.8. The van der Waals surface area contributed by atoms with Crippen molar-refractivity contribution in [1.29, 1.82) is 5.26 Å². The molecule has 1 aromatic rings. The molecule has 0 bridgehead atoms. The highest BCUT2D eigenvalue weighted by Gasteiger charge is 2.23. The monoisotopic (exact) mass is 386 g/mol. The SMILES string of the molecule is C=C(C#N)C1=CC(C2=CC=CC2)=NC(C)C1=C(C)C.CC.CCc1ccccc1. The Morgan fingerprint density at radius 2 is 1.86 bits per heavy atom. The Labute approximate surface area is 177 Å². The van der Waals surface area contributed by atoms with Gasteiger partial charge in [0.1, 0.15) is 0 Å². The van der Waals surface area contributed by atoms with Crippen LogP contribution in [0.1, 0.15) is 53.5 Å². The molecule has 0 spiro atoms. The van der Waals surface area contributed by atoms with Crippen LogP contribution in [-0.4, -0.2) is 11.8 Å². The van der Waals surface area contributed by atoms with Gasteiger partial charge in [0, 0.05) is 0 Å². The van der Waals surface area contributed by atoms with E-state index in [-0.39, 0.29) is 6.04 Å². The Balaban J connectivity index is 0.000000351. The Kier molecular flexibility index (Phi) is 10.4. The molecule has 0 amide bonds. The molecule has 1 aliphatic heterocycles. The fraction of sp³-hybridized carbons (Fsp3) is 0.333. The minimum Gasteiger partial charge on any atom is -0.277 e. The van der Waals surface area contributed by atoms with Crippen LogP contribution in [0, 0.1) is 11.3 Å². The van der Waals surface area contributed by atoms with Crippen molar-refractivity contribution in [2.24, 2.45) is 4.99 Å². The van der Waals surface area contributed by atoms with E-state index in [0.29, 0.717) is 5.57 Å². The molecule has 2 aliphatic rings. The van der Waals surface area contributed by atoms with Crippen LogP contribution in [0.4, 0.5) is 0 Å². The molecule has 0 fully saturated rings. The maximum absolute atomic E-state index is 9.14. The summed E-state index contributed by atoms with van der Waals surface area (Å²) in [7, 11) is 0. The van der Waals surface area contributed by atoms with Crippen LogP contribution in [0.15, 0.2) is 94.1 Å². The Bertz CT molecular complexity index is 880. The van der Waals surface area contributed by atoms with Crippen LogP contribution >= 0.6 is 0 Å². The van der Waals surface area contributed by atoms with Gasteiger partial charge in [-0.15, -0.1) is 0 Å². The Morgan fingerprint density at radius 1 is 1.21 bits per heavy atom. The summed E-state index contributed by atoms with van der Waals surface area (Å²) < 4.78 is 0. The summed E-state index contributed by atoms with van der Waals surface area (Å²) in [5.74, 6) is 0. The lowest BCUT2D eigenvalue weighted by Gasteiger charge is -2.23. The summed E-state index contributed by atoms with van der Waals surface area (Å²) in [4.78, 5) is 4.76. The zero-order chi connectivity index (χ0) is 21.8. The van der Waals surface area contributed by atoms with Crippen molar-refractivity contribution in [2.45, 2.75) is 60.4 Å². The zero-order valence-electron chi connectivity index (χ0n) is 18.8. The van der Waals surface area contributed by atoms with Crippen molar-refractivity contribution < 1.29 is 0 Å². The standard InChI is InChI=1S/C17H18N2.C8H10.C2H6/c1-11(2)17-13(4)19-16(14-7-5-6-8-14)9-15(17)12(3)10-18;1-2-8-6-4-3-5-7-8;1-2/h5-7,9,13H,3,8H2,1-2,4H3;3-7H,2H2,1H3;1-2H3. The number of allylic oxidation sites excluding steroid dienone is 7. The Hall–Kier alpha value is -2.92. The Morgan fingerprint density at radius 3 is 2.31 bits per heavy atom. The summed E-state index contributed by atoms with van der Waals surface area (Å²) in [6, 6.07) is 12.7. The molecule has 2 nitrogen and oxygen atoms in total. The quantitative estimate of drug-likeness (QED) is 0.501. The average Bonchev–Trinajstić information content (AvgIpc) is 3.29. The van der Waals surface area contributed by atoms with Crippen molar-refractivity contribution in [3.63, 3.8) is 0 Å². The highest BCUT2D eigenvalue weighted by molar-refractivity contribution is 6.11. The van der Waals surface area contributed by atoms with Gasteiger partial charge in [-0.3, -0.25) is 4.99 Å². The van der Waals surface area contributed by atoms with E-state index < -0.39 is 0 Å². The number of hydrogen-bond acceptors (Lipinski definition) is 2. The number of nitrogens with zero attached hydrogens (tertiary/aromatic N) is 2. The van der Waals surface area contributed by atoms with Crippen molar-refractivity contribution >= 4 is 5.71 Å². The molecule has 0 saturated carbocycles. The molecule has 1 atom stereocenters. The molecule has 1 aromatic carbocycles. The van der Waals surface area contributed by atoms with Crippen LogP contribution in [0.2, 0.25) is 0 Å². The van der Waals surface area contributed by atoms with Gasteiger partial charge in [0.25, 0.3) is 0 Å². The molecule has 3 rings (SSSR count). The first-order valence-corrected chi connectivity index (χ1v) is 10.4. The van der Waals surface area contributed by atoms with Crippen molar-refractivity contribution in [1.82, 2.24) is 0 Å². The molecule has 1 heterocycles. The first-order valence-electron chi connectivity index (χ1n) is 10.4. The molecule has 2 heteroatoms. The number of hydrogen-bond donors (Lipinski definition) is 0. The van der Waals surface area contributed by atoms with Crippen LogP contribution in [-0.2, 0) is 6.42 Å². The first-order chi connectivity index (χ1) is 14.0. The molecule has 152 valence electrons.